The second-order valence-electron chi connectivity index (χ2n) is 5.32. The lowest BCUT2D eigenvalue weighted by Gasteiger charge is -2.18. The zero-order valence-corrected chi connectivity index (χ0v) is 16.3. The van der Waals surface area contributed by atoms with Crippen LogP contribution >= 0.6 is 35.0 Å². The first-order valence-corrected chi connectivity index (χ1v) is 9.53. The van der Waals surface area contributed by atoms with E-state index in [4.69, 9.17) is 33.4 Å². The van der Waals surface area contributed by atoms with Crippen LogP contribution < -0.4 is 0 Å². The largest absolute Gasteiger partial charge is 0.395 e. The lowest BCUT2D eigenvalue weighted by molar-refractivity contribution is -0.126. The molecule has 0 bridgehead atoms. The van der Waals surface area contributed by atoms with E-state index < -0.39 is 0 Å². The highest BCUT2D eigenvalue weighted by atomic mass is 35.5. The first kappa shape index (κ1) is 20.8. The van der Waals surface area contributed by atoms with Crippen LogP contribution in [-0.2, 0) is 4.79 Å². The molecule has 2 aromatic carbocycles. The summed E-state index contributed by atoms with van der Waals surface area (Å²) in [5.74, 6) is -0.266. The fourth-order valence-corrected chi connectivity index (χ4v) is 3.68. The summed E-state index contributed by atoms with van der Waals surface area (Å²) in [6, 6.07) is 13.0. The molecule has 2 rings (SSSR count). The van der Waals surface area contributed by atoms with Gasteiger partial charge in [-0.15, -0.1) is 0 Å². The molecule has 0 saturated carbocycles. The van der Waals surface area contributed by atoms with Gasteiger partial charge in [0, 0.05) is 34.0 Å². The molecule has 0 aliphatic carbocycles. The molecule has 138 valence electrons. The average Bonchev–Trinajstić information content (AvgIpc) is 2.63. The number of amides is 1. The van der Waals surface area contributed by atoms with E-state index in [0.29, 0.717) is 10.0 Å². The van der Waals surface area contributed by atoms with E-state index in [1.807, 2.05) is 30.3 Å². The predicted octanol–water partition coefficient (Wildman–Crippen LogP) is 3.97. The maximum atomic E-state index is 12.2. The molecule has 0 atom stereocenters. The van der Waals surface area contributed by atoms with Gasteiger partial charge in [-0.2, -0.15) is 0 Å². The van der Waals surface area contributed by atoms with E-state index in [9.17, 15) is 4.79 Å². The molecular weight excluding hydrogens is 393 g/mol. The second-order valence-corrected chi connectivity index (χ2v) is 7.25. The van der Waals surface area contributed by atoms with E-state index in [0.717, 1.165) is 15.4 Å². The van der Waals surface area contributed by atoms with E-state index in [1.54, 1.807) is 18.2 Å². The third-order valence-electron chi connectivity index (χ3n) is 3.49. The van der Waals surface area contributed by atoms with Crippen LogP contribution in [0.15, 0.2) is 58.3 Å². The van der Waals surface area contributed by atoms with Crippen LogP contribution in [0.2, 0.25) is 10.0 Å². The lowest BCUT2D eigenvalue weighted by atomic mass is 10.2. The molecule has 2 N–H and O–H groups in total. The fraction of sp³-hybridized carbons (Fsp3) is 0.211. The van der Waals surface area contributed by atoms with Crippen LogP contribution in [-0.4, -0.2) is 47.3 Å². The van der Waals surface area contributed by atoms with Crippen LogP contribution in [0.1, 0.15) is 5.56 Å². The zero-order chi connectivity index (χ0) is 18.9. The first-order valence-electron chi connectivity index (χ1n) is 7.95. The summed E-state index contributed by atoms with van der Waals surface area (Å²) in [6.45, 7) is 0.0587. The third kappa shape index (κ3) is 6.04. The molecule has 7 heteroatoms. The van der Waals surface area contributed by atoms with Crippen LogP contribution in [0.4, 0.5) is 0 Å². The van der Waals surface area contributed by atoms with E-state index >= 15 is 0 Å². The quantitative estimate of drug-likeness (QED) is 0.645. The van der Waals surface area contributed by atoms with E-state index in [-0.39, 0.29) is 32.2 Å². The number of aliphatic hydroxyl groups is 2. The van der Waals surface area contributed by atoms with Gasteiger partial charge in [-0.05, 0) is 35.9 Å². The number of aliphatic hydroxyl groups excluding tert-OH is 2. The molecule has 0 spiro atoms. The standard InChI is InChI=1S/C19H19Cl2NO3S/c20-15-6-7-18(16(21)13-15)26-17-4-2-1-3-14(17)5-8-19(25)22(9-11-23)10-12-24/h1-8,13,23-24H,9-12H2/b8-5+. The van der Waals surface area contributed by atoms with Crippen LogP contribution in [0, 0.1) is 0 Å². The Hall–Kier alpha value is -1.50. The molecule has 0 unspecified atom stereocenters. The van der Waals surface area contributed by atoms with E-state index in [1.165, 1.54) is 22.7 Å². The Labute approximate surface area is 167 Å². The van der Waals surface area contributed by atoms with Gasteiger partial charge < -0.3 is 15.1 Å². The Bertz CT molecular complexity index is 777. The van der Waals surface area contributed by atoms with E-state index in [2.05, 4.69) is 0 Å². The third-order valence-corrected chi connectivity index (χ3v) is 5.32. The number of hydrogen-bond donors (Lipinski definition) is 2. The number of rotatable bonds is 8. The summed E-state index contributed by atoms with van der Waals surface area (Å²) < 4.78 is 0. The molecule has 0 aliphatic heterocycles. The van der Waals surface area contributed by atoms with Crippen molar-refractivity contribution in [2.45, 2.75) is 9.79 Å². The molecule has 26 heavy (non-hydrogen) atoms. The number of carbonyl (C=O) groups is 1. The highest BCUT2D eigenvalue weighted by Gasteiger charge is 2.10. The summed E-state index contributed by atoms with van der Waals surface area (Å²) in [5.41, 5.74) is 0.866. The van der Waals surface area contributed by atoms with Crippen LogP contribution in [0.3, 0.4) is 0 Å². The van der Waals surface area contributed by atoms with Gasteiger partial charge in [0.05, 0.1) is 18.2 Å². The predicted molar refractivity (Wildman–Crippen MR) is 107 cm³/mol. The summed E-state index contributed by atoms with van der Waals surface area (Å²) in [5, 5.41) is 19.2. The molecule has 2 aromatic rings. The second kappa shape index (κ2) is 10.6. The van der Waals surface area contributed by atoms with Crippen molar-refractivity contribution in [2.24, 2.45) is 0 Å². The molecule has 0 fully saturated rings. The Balaban J connectivity index is 2.19. The highest BCUT2D eigenvalue weighted by Crippen LogP contribution is 2.36. The highest BCUT2D eigenvalue weighted by molar-refractivity contribution is 7.99. The van der Waals surface area contributed by atoms with Gasteiger partial charge in [0.1, 0.15) is 0 Å². The monoisotopic (exact) mass is 411 g/mol. The molecule has 0 radical (unpaired) electrons. The van der Waals surface area contributed by atoms with Crippen molar-refractivity contribution in [3.63, 3.8) is 0 Å². The molecule has 0 aliphatic rings. The SMILES string of the molecule is O=C(/C=C/c1ccccc1Sc1ccc(Cl)cc1Cl)N(CCO)CCO. The van der Waals surface area contributed by atoms with Gasteiger partial charge in [-0.3, -0.25) is 4.79 Å². The van der Waals surface area contributed by atoms with Gasteiger partial charge in [0.2, 0.25) is 5.91 Å². The molecule has 0 heterocycles. The Morgan fingerprint density at radius 3 is 2.38 bits per heavy atom. The smallest absolute Gasteiger partial charge is 0.246 e. The minimum Gasteiger partial charge on any atom is -0.395 e. The van der Waals surface area contributed by atoms with Gasteiger partial charge in [0.25, 0.3) is 0 Å². The molecule has 4 nitrogen and oxygen atoms in total. The number of hydrogen-bond acceptors (Lipinski definition) is 4. The van der Waals surface area contributed by atoms with Gasteiger partial charge in [-0.1, -0.05) is 53.2 Å². The normalized spacial score (nSPS) is 11.1. The number of benzene rings is 2. The van der Waals surface area contributed by atoms with Crippen LogP contribution in [0.25, 0.3) is 6.08 Å². The maximum absolute atomic E-state index is 12.2. The molecular formula is C19H19Cl2NO3S. The topological polar surface area (TPSA) is 60.8 Å². The van der Waals surface area contributed by atoms with Crippen LogP contribution in [0.5, 0.6) is 0 Å². The van der Waals surface area contributed by atoms with Crippen molar-refractivity contribution in [3.05, 3.63) is 64.1 Å². The first-order chi connectivity index (χ1) is 12.5. The summed E-state index contributed by atoms with van der Waals surface area (Å²) in [4.78, 5) is 15.4. The minimum absolute atomic E-state index is 0.152. The molecule has 0 aromatic heterocycles. The number of carbonyl (C=O) groups excluding carboxylic acids is 1. The van der Waals surface area contributed by atoms with Crippen molar-refractivity contribution in [2.75, 3.05) is 26.3 Å². The number of halogens is 2. The minimum atomic E-state index is -0.266. The van der Waals surface area contributed by atoms with Gasteiger partial charge >= 0.3 is 0 Å². The maximum Gasteiger partial charge on any atom is 0.246 e. The Kier molecular flexibility index (Phi) is 8.48. The molecule has 1 amide bonds. The van der Waals surface area contributed by atoms with Crippen molar-refractivity contribution < 1.29 is 15.0 Å². The summed E-state index contributed by atoms with van der Waals surface area (Å²) in [7, 11) is 0. The Morgan fingerprint density at radius 1 is 1.04 bits per heavy atom. The fourth-order valence-electron chi connectivity index (χ4n) is 2.23. The lowest BCUT2D eigenvalue weighted by Crippen LogP contribution is -2.34. The number of nitrogens with zero attached hydrogens (tertiary/aromatic N) is 1. The van der Waals surface area contributed by atoms with Crippen molar-refractivity contribution in [1.29, 1.82) is 0 Å². The van der Waals surface area contributed by atoms with Gasteiger partial charge in [0.15, 0.2) is 0 Å². The average molecular weight is 412 g/mol. The van der Waals surface area contributed by atoms with Crippen molar-refractivity contribution in [3.8, 4) is 0 Å². The summed E-state index contributed by atoms with van der Waals surface area (Å²) in [6.07, 6.45) is 3.16. The van der Waals surface area contributed by atoms with Crippen molar-refractivity contribution in [1.82, 2.24) is 4.90 Å². The molecule has 0 saturated heterocycles. The van der Waals surface area contributed by atoms with Gasteiger partial charge in [-0.25, -0.2) is 0 Å². The zero-order valence-electron chi connectivity index (χ0n) is 13.9. The summed E-state index contributed by atoms with van der Waals surface area (Å²) >= 11 is 13.7. The Morgan fingerprint density at radius 2 is 1.73 bits per heavy atom. The van der Waals surface area contributed by atoms with Crippen molar-refractivity contribution >= 4 is 46.9 Å².